The largest absolute Gasteiger partial charge is 0.350 e. The second-order valence-corrected chi connectivity index (χ2v) is 9.89. The lowest BCUT2D eigenvalue weighted by atomic mass is 10.1. The number of para-hydroxylation sites is 1. The van der Waals surface area contributed by atoms with Crippen molar-refractivity contribution < 1.29 is 17.6 Å². The quantitative estimate of drug-likeness (QED) is 0.639. The van der Waals surface area contributed by atoms with Crippen LogP contribution < -0.4 is 9.62 Å². The van der Waals surface area contributed by atoms with Gasteiger partial charge in [-0.05, 0) is 49.2 Å². The molecule has 1 saturated heterocycles. The summed E-state index contributed by atoms with van der Waals surface area (Å²) < 4.78 is 41.3. The third-order valence-electron chi connectivity index (χ3n) is 5.27. The highest BCUT2D eigenvalue weighted by atomic mass is 32.2. The minimum absolute atomic E-state index is 0.169. The van der Waals surface area contributed by atoms with E-state index in [4.69, 9.17) is 0 Å². The number of benzene rings is 2. The Morgan fingerprint density at radius 3 is 2.26 bits per heavy atom. The molecule has 0 bridgehead atoms. The fourth-order valence-electron chi connectivity index (χ4n) is 3.49. The van der Waals surface area contributed by atoms with Gasteiger partial charge in [-0.15, -0.1) is 0 Å². The number of carbonyl (C=O) groups excluding carboxylic acids is 1. The predicted octanol–water partition coefficient (Wildman–Crippen LogP) is 2.35. The Kier molecular flexibility index (Phi) is 7.64. The van der Waals surface area contributed by atoms with Crippen molar-refractivity contribution >= 4 is 21.8 Å². The van der Waals surface area contributed by atoms with Crippen LogP contribution in [0.15, 0.2) is 48.5 Å². The Labute approximate surface area is 183 Å². The van der Waals surface area contributed by atoms with Gasteiger partial charge < -0.3 is 5.32 Å². The molecule has 0 unspecified atom stereocenters. The summed E-state index contributed by atoms with van der Waals surface area (Å²) in [6, 6.07) is 13.5. The normalized spacial score (nSPS) is 14.7. The molecule has 0 aliphatic carbocycles. The first-order chi connectivity index (χ1) is 14.8. The zero-order valence-electron chi connectivity index (χ0n) is 17.9. The zero-order chi connectivity index (χ0) is 22.4. The molecule has 9 heteroatoms. The Hall–Kier alpha value is -2.49. The van der Waals surface area contributed by atoms with Gasteiger partial charge in [0.05, 0.1) is 5.69 Å². The number of anilines is 1. The number of halogens is 1. The minimum Gasteiger partial charge on any atom is -0.350 e. The summed E-state index contributed by atoms with van der Waals surface area (Å²) in [5, 5.41) is 2.73. The van der Waals surface area contributed by atoms with Gasteiger partial charge in [0.25, 0.3) is 0 Å². The van der Waals surface area contributed by atoms with E-state index >= 15 is 0 Å². The van der Waals surface area contributed by atoms with Gasteiger partial charge in [0.15, 0.2) is 0 Å². The fraction of sp³-hybridized carbons (Fsp3) is 0.409. The first-order valence-electron chi connectivity index (χ1n) is 10.3. The molecule has 1 heterocycles. The van der Waals surface area contributed by atoms with Gasteiger partial charge in [-0.1, -0.05) is 36.4 Å². The van der Waals surface area contributed by atoms with E-state index in [0.717, 1.165) is 39.9 Å². The van der Waals surface area contributed by atoms with E-state index < -0.39 is 28.5 Å². The zero-order valence-corrected chi connectivity index (χ0v) is 18.7. The average molecular weight is 449 g/mol. The first kappa shape index (κ1) is 23.2. The Balaban J connectivity index is 1.62. The molecule has 3 rings (SSSR count). The van der Waals surface area contributed by atoms with Crippen LogP contribution in [0.1, 0.15) is 24.0 Å². The topological polar surface area (TPSA) is 73.0 Å². The van der Waals surface area contributed by atoms with Crippen LogP contribution in [0.25, 0.3) is 0 Å². The molecular formula is C22H29FN4O3S. The average Bonchev–Trinajstić information content (AvgIpc) is 3.25. The molecule has 1 aliphatic heterocycles. The Morgan fingerprint density at radius 1 is 1.03 bits per heavy atom. The van der Waals surface area contributed by atoms with Crippen molar-refractivity contribution in [1.29, 1.82) is 0 Å². The van der Waals surface area contributed by atoms with Crippen molar-refractivity contribution in [2.24, 2.45) is 0 Å². The number of hydrogen-bond acceptors (Lipinski definition) is 4. The lowest BCUT2D eigenvalue weighted by molar-refractivity contribution is -0.119. The fourth-order valence-corrected chi connectivity index (χ4v) is 4.56. The number of rotatable bonds is 9. The maximum absolute atomic E-state index is 14.3. The standard InChI is InChI=1S/C22H29FN4O3S/c1-25(2)31(29,30)27(21-8-4-3-7-20(21)23)17-22(28)24-15-18-9-11-19(12-10-18)16-26-13-5-6-14-26/h3-4,7-12H,5-6,13-17H2,1-2H3,(H,24,28). The predicted molar refractivity (Wildman–Crippen MR) is 119 cm³/mol. The second kappa shape index (κ2) is 10.2. The van der Waals surface area contributed by atoms with Crippen LogP contribution in [0.2, 0.25) is 0 Å². The molecule has 31 heavy (non-hydrogen) atoms. The monoisotopic (exact) mass is 448 g/mol. The number of nitrogens with one attached hydrogen (secondary N) is 1. The third kappa shape index (κ3) is 6.03. The molecule has 0 radical (unpaired) electrons. The number of amides is 1. The van der Waals surface area contributed by atoms with Crippen LogP contribution in [0.5, 0.6) is 0 Å². The van der Waals surface area contributed by atoms with Crippen molar-refractivity contribution in [3.05, 3.63) is 65.5 Å². The van der Waals surface area contributed by atoms with Gasteiger partial charge in [0, 0.05) is 27.2 Å². The van der Waals surface area contributed by atoms with E-state index in [1.165, 1.54) is 50.7 Å². The van der Waals surface area contributed by atoms with E-state index in [2.05, 4.69) is 10.2 Å². The molecule has 1 N–H and O–H groups in total. The van der Waals surface area contributed by atoms with E-state index in [1.54, 1.807) is 0 Å². The molecule has 0 spiro atoms. The summed E-state index contributed by atoms with van der Waals surface area (Å²) >= 11 is 0. The molecular weight excluding hydrogens is 419 g/mol. The second-order valence-electron chi connectivity index (χ2n) is 7.82. The van der Waals surface area contributed by atoms with Gasteiger partial charge in [-0.25, -0.2) is 8.70 Å². The number of nitrogens with zero attached hydrogens (tertiary/aromatic N) is 3. The highest BCUT2D eigenvalue weighted by Crippen LogP contribution is 2.22. The Morgan fingerprint density at radius 2 is 1.65 bits per heavy atom. The third-order valence-corrected chi connectivity index (χ3v) is 7.07. The summed E-state index contributed by atoms with van der Waals surface area (Å²) in [5.74, 6) is -1.23. The van der Waals surface area contributed by atoms with Gasteiger partial charge >= 0.3 is 10.2 Å². The van der Waals surface area contributed by atoms with Gasteiger partial charge in [-0.2, -0.15) is 12.7 Å². The molecule has 1 fully saturated rings. The molecule has 168 valence electrons. The minimum atomic E-state index is -4.05. The maximum atomic E-state index is 14.3. The van der Waals surface area contributed by atoms with Gasteiger partial charge in [0.2, 0.25) is 5.91 Å². The van der Waals surface area contributed by atoms with Gasteiger partial charge in [-0.3, -0.25) is 9.69 Å². The van der Waals surface area contributed by atoms with E-state index in [1.807, 2.05) is 24.3 Å². The number of hydrogen-bond donors (Lipinski definition) is 1. The van der Waals surface area contributed by atoms with E-state index in [9.17, 15) is 17.6 Å². The molecule has 0 atom stereocenters. The van der Waals surface area contributed by atoms with Crippen molar-refractivity contribution in [3.63, 3.8) is 0 Å². The van der Waals surface area contributed by atoms with Gasteiger partial charge in [0.1, 0.15) is 12.4 Å². The highest BCUT2D eigenvalue weighted by molar-refractivity contribution is 7.90. The van der Waals surface area contributed by atoms with Crippen LogP contribution in [0.3, 0.4) is 0 Å². The molecule has 1 aliphatic rings. The summed E-state index contributed by atoms with van der Waals surface area (Å²) in [6.45, 7) is 2.93. The summed E-state index contributed by atoms with van der Waals surface area (Å²) in [5.41, 5.74) is 1.96. The number of carbonyl (C=O) groups is 1. The number of likely N-dealkylation sites (tertiary alicyclic amines) is 1. The van der Waals surface area contributed by atoms with Crippen molar-refractivity contribution in [3.8, 4) is 0 Å². The summed E-state index contributed by atoms with van der Waals surface area (Å²) in [4.78, 5) is 14.9. The van der Waals surface area contributed by atoms with Crippen molar-refractivity contribution in [2.45, 2.75) is 25.9 Å². The summed E-state index contributed by atoms with van der Waals surface area (Å²) in [6.07, 6.45) is 2.50. The van der Waals surface area contributed by atoms with Crippen LogP contribution in [0.4, 0.5) is 10.1 Å². The van der Waals surface area contributed by atoms with Crippen LogP contribution in [-0.2, 0) is 28.1 Å². The molecule has 2 aromatic carbocycles. The lowest BCUT2D eigenvalue weighted by Gasteiger charge is -2.27. The highest BCUT2D eigenvalue weighted by Gasteiger charge is 2.29. The van der Waals surface area contributed by atoms with E-state index in [0.29, 0.717) is 0 Å². The SMILES string of the molecule is CN(C)S(=O)(=O)N(CC(=O)NCc1ccc(CN2CCCC2)cc1)c1ccccc1F. The molecule has 1 amide bonds. The first-order valence-corrected chi connectivity index (χ1v) is 11.7. The lowest BCUT2D eigenvalue weighted by Crippen LogP contribution is -2.46. The van der Waals surface area contributed by atoms with Crippen molar-refractivity contribution in [2.75, 3.05) is 38.0 Å². The maximum Gasteiger partial charge on any atom is 0.304 e. The molecule has 7 nitrogen and oxygen atoms in total. The summed E-state index contributed by atoms with van der Waals surface area (Å²) in [7, 11) is -1.37. The van der Waals surface area contributed by atoms with Crippen LogP contribution >= 0.6 is 0 Å². The smallest absolute Gasteiger partial charge is 0.304 e. The van der Waals surface area contributed by atoms with Crippen LogP contribution in [0, 0.1) is 5.82 Å². The molecule has 2 aromatic rings. The van der Waals surface area contributed by atoms with Crippen molar-refractivity contribution in [1.82, 2.24) is 14.5 Å². The Bertz CT molecular complexity index is 990. The molecule has 0 saturated carbocycles. The van der Waals surface area contributed by atoms with E-state index in [-0.39, 0.29) is 12.2 Å². The van der Waals surface area contributed by atoms with Crippen LogP contribution in [-0.4, -0.2) is 57.3 Å². The molecule has 0 aromatic heterocycles.